The second-order valence-electron chi connectivity index (χ2n) is 5.86. The van der Waals surface area contributed by atoms with Crippen LogP contribution < -0.4 is 10.0 Å². The topological polar surface area (TPSA) is 75.3 Å². The van der Waals surface area contributed by atoms with Crippen LogP contribution in [0, 0.1) is 5.82 Å². The summed E-state index contributed by atoms with van der Waals surface area (Å²) in [6.45, 7) is -0.304. The predicted molar refractivity (Wildman–Crippen MR) is 101 cm³/mol. The summed E-state index contributed by atoms with van der Waals surface area (Å²) in [5.74, 6) is -0.275. The van der Waals surface area contributed by atoms with Crippen LogP contribution in [0.2, 0.25) is 0 Å². The number of benzene rings is 2. The van der Waals surface area contributed by atoms with Crippen molar-refractivity contribution >= 4 is 27.7 Å². The number of rotatable bonds is 9. The Morgan fingerprint density at radius 2 is 1.76 bits per heavy atom. The van der Waals surface area contributed by atoms with Crippen LogP contribution in [0.25, 0.3) is 0 Å². The van der Waals surface area contributed by atoms with Crippen LogP contribution in [-0.4, -0.2) is 33.2 Å². The van der Waals surface area contributed by atoms with Crippen LogP contribution in [0.1, 0.15) is 12.0 Å². The molecule has 2 rings (SSSR count). The molecule has 0 aromatic heterocycles. The van der Waals surface area contributed by atoms with Gasteiger partial charge in [0.2, 0.25) is 15.9 Å². The van der Waals surface area contributed by atoms with Crippen molar-refractivity contribution < 1.29 is 30.8 Å². The first-order valence-corrected chi connectivity index (χ1v) is 10.9. The van der Waals surface area contributed by atoms with Gasteiger partial charge in [0.1, 0.15) is 5.82 Å². The van der Waals surface area contributed by atoms with Gasteiger partial charge in [-0.25, -0.2) is 17.5 Å². The standard InChI is InChI=1S/C18H18F4N2O3S2/c19-14-5-7-15(8-6-14)28-10-2-9-23-17(25)12-24-29(26,27)16-4-1-3-13(11-16)18(20,21)22/h1,3-8,11,24H,2,9-10,12H2,(H,23,25). The smallest absolute Gasteiger partial charge is 0.355 e. The molecule has 2 aromatic carbocycles. The lowest BCUT2D eigenvalue weighted by Gasteiger charge is -2.10. The van der Waals surface area contributed by atoms with Gasteiger partial charge in [-0.2, -0.15) is 13.2 Å². The molecular formula is C18H18F4N2O3S2. The first-order chi connectivity index (χ1) is 13.6. The molecule has 0 aliphatic carbocycles. The minimum atomic E-state index is -4.67. The number of carbonyl (C=O) groups excluding carboxylic acids is 1. The lowest BCUT2D eigenvalue weighted by molar-refractivity contribution is -0.137. The number of carbonyl (C=O) groups is 1. The number of halogens is 4. The van der Waals surface area contributed by atoms with Gasteiger partial charge in [0, 0.05) is 11.4 Å². The van der Waals surface area contributed by atoms with E-state index < -0.39 is 39.1 Å². The SMILES string of the molecule is O=C(CNS(=O)(=O)c1cccc(C(F)(F)F)c1)NCCCSc1ccc(F)cc1. The van der Waals surface area contributed by atoms with E-state index in [-0.39, 0.29) is 12.4 Å². The van der Waals surface area contributed by atoms with Crippen LogP contribution in [0.4, 0.5) is 17.6 Å². The van der Waals surface area contributed by atoms with Gasteiger partial charge in [0.15, 0.2) is 0 Å². The lowest BCUT2D eigenvalue weighted by atomic mass is 10.2. The summed E-state index contributed by atoms with van der Waals surface area (Å²) in [7, 11) is -4.26. The fraction of sp³-hybridized carbons (Fsp3) is 0.278. The van der Waals surface area contributed by atoms with Crippen molar-refractivity contribution in [2.45, 2.75) is 22.4 Å². The summed E-state index contributed by atoms with van der Waals surface area (Å²) in [6, 6.07) is 9.24. The number of hydrogen-bond donors (Lipinski definition) is 2. The van der Waals surface area contributed by atoms with Crippen LogP contribution >= 0.6 is 11.8 Å². The summed E-state index contributed by atoms with van der Waals surface area (Å²) in [5, 5.41) is 2.52. The van der Waals surface area contributed by atoms with Gasteiger partial charge in [0.25, 0.3) is 0 Å². The number of nitrogens with one attached hydrogen (secondary N) is 2. The molecule has 0 saturated heterocycles. The highest BCUT2D eigenvalue weighted by Gasteiger charge is 2.31. The molecule has 11 heteroatoms. The Morgan fingerprint density at radius 1 is 1.07 bits per heavy atom. The zero-order valence-corrected chi connectivity index (χ0v) is 16.6. The van der Waals surface area contributed by atoms with Crippen molar-refractivity contribution in [2.24, 2.45) is 0 Å². The Hall–Kier alpha value is -2.11. The van der Waals surface area contributed by atoms with E-state index in [9.17, 15) is 30.8 Å². The number of sulfonamides is 1. The van der Waals surface area contributed by atoms with Crippen LogP contribution in [0.15, 0.2) is 58.3 Å². The average molecular weight is 450 g/mol. The highest BCUT2D eigenvalue weighted by Crippen LogP contribution is 2.30. The number of hydrogen-bond acceptors (Lipinski definition) is 4. The van der Waals surface area contributed by atoms with Crippen molar-refractivity contribution in [3.63, 3.8) is 0 Å². The first kappa shape index (κ1) is 23.2. The fourth-order valence-electron chi connectivity index (χ4n) is 2.17. The third-order valence-corrected chi connectivity index (χ3v) is 6.12. The average Bonchev–Trinajstić information content (AvgIpc) is 2.67. The van der Waals surface area contributed by atoms with Crippen molar-refractivity contribution in [2.75, 3.05) is 18.8 Å². The van der Waals surface area contributed by atoms with E-state index in [1.54, 1.807) is 12.1 Å². The van der Waals surface area contributed by atoms with E-state index in [4.69, 9.17) is 0 Å². The summed E-state index contributed by atoms with van der Waals surface area (Å²) >= 11 is 1.48. The molecule has 0 spiro atoms. The lowest BCUT2D eigenvalue weighted by Crippen LogP contribution is -2.37. The van der Waals surface area contributed by atoms with E-state index in [2.05, 4.69) is 5.32 Å². The Kier molecular flexibility index (Phi) is 8.05. The molecular weight excluding hydrogens is 432 g/mol. The van der Waals surface area contributed by atoms with E-state index in [0.29, 0.717) is 18.2 Å². The molecule has 0 aliphatic rings. The first-order valence-electron chi connectivity index (χ1n) is 8.40. The van der Waals surface area contributed by atoms with Crippen molar-refractivity contribution in [1.29, 1.82) is 0 Å². The maximum atomic E-state index is 12.8. The van der Waals surface area contributed by atoms with Gasteiger partial charge in [-0.3, -0.25) is 4.79 Å². The number of amides is 1. The predicted octanol–water partition coefficient (Wildman–Crippen LogP) is 3.42. The number of alkyl halides is 3. The minimum Gasteiger partial charge on any atom is -0.355 e. The van der Waals surface area contributed by atoms with Crippen molar-refractivity contribution in [3.8, 4) is 0 Å². The van der Waals surface area contributed by atoms with E-state index in [1.807, 2.05) is 4.72 Å². The Morgan fingerprint density at radius 3 is 2.41 bits per heavy atom. The quantitative estimate of drug-likeness (QED) is 0.349. The summed E-state index contributed by atoms with van der Waals surface area (Å²) in [5.41, 5.74) is -1.09. The molecule has 0 unspecified atom stereocenters. The fourth-order valence-corrected chi connectivity index (χ4v) is 4.05. The molecule has 0 radical (unpaired) electrons. The molecule has 0 fully saturated rings. The molecule has 0 saturated carbocycles. The Balaban J connectivity index is 1.74. The summed E-state index contributed by atoms with van der Waals surface area (Å²) < 4.78 is 77.0. The highest BCUT2D eigenvalue weighted by atomic mass is 32.2. The van der Waals surface area contributed by atoms with E-state index in [0.717, 1.165) is 23.1 Å². The zero-order chi connectivity index (χ0) is 21.5. The molecule has 0 atom stereocenters. The third kappa shape index (κ3) is 7.67. The highest BCUT2D eigenvalue weighted by molar-refractivity contribution is 7.99. The number of thioether (sulfide) groups is 1. The van der Waals surface area contributed by atoms with Crippen molar-refractivity contribution in [3.05, 3.63) is 59.9 Å². The molecule has 5 nitrogen and oxygen atoms in total. The molecule has 29 heavy (non-hydrogen) atoms. The molecule has 158 valence electrons. The molecule has 0 heterocycles. The molecule has 0 bridgehead atoms. The molecule has 1 amide bonds. The second kappa shape index (κ2) is 10.1. The van der Waals surface area contributed by atoms with Gasteiger partial charge < -0.3 is 5.32 Å². The van der Waals surface area contributed by atoms with Gasteiger partial charge in [0.05, 0.1) is 17.0 Å². The largest absolute Gasteiger partial charge is 0.416 e. The Bertz CT molecular complexity index is 933. The Labute approximate surface area is 169 Å². The third-order valence-electron chi connectivity index (χ3n) is 3.62. The van der Waals surface area contributed by atoms with E-state index in [1.165, 1.54) is 23.9 Å². The maximum absolute atomic E-state index is 12.8. The maximum Gasteiger partial charge on any atom is 0.416 e. The summed E-state index contributed by atoms with van der Waals surface area (Å²) in [4.78, 5) is 12.1. The van der Waals surface area contributed by atoms with Gasteiger partial charge in [-0.15, -0.1) is 11.8 Å². The zero-order valence-electron chi connectivity index (χ0n) is 15.0. The minimum absolute atomic E-state index is 0.290. The van der Waals surface area contributed by atoms with Crippen LogP contribution in [0.5, 0.6) is 0 Å². The monoisotopic (exact) mass is 450 g/mol. The summed E-state index contributed by atoms with van der Waals surface area (Å²) in [6.07, 6.45) is -4.08. The molecule has 2 N–H and O–H groups in total. The van der Waals surface area contributed by atoms with Gasteiger partial charge in [-0.1, -0.05) is 6.07 Å². The molecule has 2 aromatic rings. The van der Waals surface area contributed by atoms with Crippen molar-refractivity contribution in [1.82, 2.24) is 10.0 Å². The van der Waals surface area contributed by atoms with E-state index >= 15 is 0 Å². The molecule has 0 aliphatic heterocycles. The van der Waals surface area contributed by atoms with Gasteiger partial charge >= 0.3 is 6.18 Å². The van der Waals surface area contributed by atoms with Gasteiger partial charge in [-0.05, 0) is 54.6 Å². The second-order valence-corrected chi connectivity index (χ2v) is 8.79. The van der Waals surface area contributed by atoms with Crippen LogP contribution in [-0.2, 0) is 21.0 Å². The normalized spacial score (nSPS) is 12.0. The van der Waals surface area contributed by atoms with Crippen LogP contribution in [0.3, 0.4) is 0 Å².